The van der Waals surface area contributed by atoms with Gasteiger partial charge in [-0.2, -0.15) is 0 Å². The van der Waals surface area contributed by atoms with Gasteiger partial charge < -0.3 is 9.32 Å². The number of hydrogen-bond donors (Lipinski definition) is 0. The molecule has 2 heterocycles. The van der Waals surface area contributed by atoms with E-state index < -0.39 is 0 Å². The second-order valence-corrected chi connectivity index (χ2v) is 7.16. The van der Waals surface area contributed by atoms with E-state index in [1.54, 1.807) is 26.1 Å². The highest BCUT2D eigenvalue weighted by Gasteiger charge is 2.36. The van der Waals surface area contributed by atoms with Crippen molar-refractivity contribution < 1.29 is 13.6 Å². The third-order valence-electron chi connectivity index (χ3n) is 4.93. The number of aryl methyl sites for hydroxylation is 1. The Morgan fingerprint density at radius 2 is 2.00 bits per heavy atom. The van der Waals surface area contributed by atoms with Crippen molar-refractivity contribution in [1.82, 2.24) is 19.7 Å². The van der Waals surface area contributed by atoms with Crippen molar-refractivity contribution in [1.29, 1.82) is 0 Å². The minimum absolute atomic E-state index is 0.0990. The minimum atomic E-state index is -0.328. The van der Waals surface area contributed by atoms with Gasteiger partial charge in [0.1, 0.15) is 23.2 Å². The molecule has 0 N–H and O–H groups in total. The fourth-order valence-electron chi connectivity index (χ4n) is 3.18. The average Bonchev–Trinajstić information content (AvgIpc) is 3.04. The van der Waals surface area contributed by atoms with Crippen LogP contribution in [0, 0.1) is 18.7 Å². The Kier molecular flexibility index (Phi) is 4.30. The van der Waals surface area contributed by atoms with Crippen LogP contribution in [-0.2, 0) is 6.54 Å². The monoisotopic (exact) mass is 368 g/mol. The van der Waals surface area contributed by atoms with Gasteiger partial charge >= 0.3 is 0 Å². The summed E-state index contributed by atoms with van der Waals surface area (Å²) in [7, 11) is 1.69. The zero-order valence-corrected chi connectivity index (χ0v) is 15.5. The first-order valence-electron chi connectivity index (χ1n) is 8.96. The van der Waals surface area contributed by atoms with Crippen molar-refractivity contribution in [3.63, 3.8) is 0 Å². The molecule has 1 aliphatic rings. The predicted octanol–water partition coefficient (Wildman–Crippen LogP) is 3.70. The van der Waals surface area contributed by atoms with Gasteiger partial charge in [-0.3, -0.25) is 4.79 Å². The molecule has 7 heteroatoms. The highest BCUT2D eigenvalue weighted by atomic mass is 19.1. The lowest BCUT2D eigenvalue weighted by Gasteiger charge is -2.13. The summed E-state index contributed by atoms with van der Waals surface area (Å²) in [5.41, 5.74) is 0.650. The number of carbonyl (C=O) groups is 1. The number of nitrogens with zero attached hydrogens (tertiary/aromatic N) is 4. The van der Waals surface area contributed by atoms with Gasteiger partial charge in [0, 0.05) is 13.0 Å². The van der Waals surface area contributed by atoms with Crippen LogP contribution in [0.2, 0.25) is 0 Å². The van der Waals surface area contributed by atoms with Crippen LogP contribution in [0.1, 0.15) is 47.2 Å². The van der Waals surface area contributed by atoms with Crippen molar-refractivity contribution in [2.75, 3.05) is 7.05 Å². The van der Waals surface area contributed by atoms with E-state index in [9.17, 15) is 9.18 Å². The molecule has 140 valence electrons. The summed E-state index contributed by atoms with van der Waals surface area (Å²) in [5, 5.41) is 4.29. The molecule has 0 bridgehead atoms. The van der Waals surface area contributed by atoms with E-state index in [1.807, 2.05) is 12.1 Å². The molecule has 1 fully saturated rings. The standard InChI is InChI=1S/C20H21FN4O2/c1-12-10-17(12)18-9-8-16(27-18)11-24(3)20(26)19-22-13(2)25(23-19)15-6-4-14(21)5-7-15/h4-9,12,17H,10-11H2,1-3H3/t12-,17-/m1/s1. The maximum absolute atomic E-state index is 13.1. The molecule has 1 amide bonds. The van der Waals surface area contributed by atoms with Gasteiger partial charge in [0.05, 0.1) is 12.2 Å². The number of halogens is 1. The summed E-state index contributed by atoms with van der Waals surface area (Å²) in [4.78, 5) is 18.5. The maximum Gasteiger partial charge on any atom is 0.293 e. The lowest BCUT2D eigenvalue weighted by atomic mass is 10.3. The maximum atomic E-state index is 13.1. The van der Waals surface area contributed by atoms with Gasteiger partial charge in [0.15, 0.2) is 0 Å². The van der Waals surface area contributed by atoms with E-state index in [2.05, 4.69) is 17.0 Å². The van der Waals surface area contributed by atoms with Gasteiger partial charge in [-0.25, -0.2) is 14.1 Å². The summed E-state index contributed by atoms with van der Waals surface area (Å²) >= 11 is 0. The topological polar surface area (TPSA) is 64.2 Å². The number of carbonyl (C=O) groups excluding carboxylic acids is 1. The van der Waals surface area contributed by atoms with Crippen LogP contribution in [0.15, 0.2) is 40.8 Å². The van der Waals surface area contributed by atoms with Crippen LogP contribution < -0.4 is 0 Å². The second kappa shape index (κ2) is 6.64. The fraction of sp³-hybridized carbons (Fsp3) is 0.350. The quantitative estimate of drug-likeness (QED) is 0.689. The first-order valence-corrected chi connectivity index (χ1v) is 8.96. The van der Waals surface area contributed by atoms with Crippen LogP contribution in [0.4, 0.5) is 4.39 Å². The Bertz CT molecular complexity index is 976. The summed E-state index contributed by atoms with van der Waals surface area (Å²) in [6.07, 6.45) is 1.16. The first-order chi connectivity index (χ1) is 12.9. The Hall–Kier alpha value is -2.96. The molecule has 27 heavy (non-hydrogen) atoms. The molecule has 2 aromatic heterocycles. The van der Waals surface area contributed by atoms with Gasteiger partial charge in [-0.05, 0) is 55.7 Å². The molecule has 3 aromatic rings. The summed E-state index contributed by atoms with van der Waals surface area (Å²) in [5.74, 6) is 2.95. The van der Waals surface area contributed by atoms with Crippen LogP contribution in [0.5, 0.6) is 0 Å². The largest absolute Gasteiger partial charge is 0.464 e. The lowest BCUT2D eigenvalue weighted by molar-refractivity contribution is 0.0762. The molecule has 0 aliphatic heterocycles. The van der Waals surface area contributed by atoms with Crippen molar-refractivity contribution in [3.8, 4) is 5.69 Å². The van der Waals surface area contributed by atoms with Crippen LogP contribution >= 0.6 is 0 Å². The Morgan fingerprint density at radius 1 is 1.30 bits per heavy atom. The molecule has 0 radical (unpaired) electrons. The summed E-state index contributed by atoms with van der Waals surface area (Å²) in [6.45, 7) is 4.31. The molecular formula is C20H21FN4O2. The third kappa shape index (κ3) is 3.49. The van der Waals surface area contributed by atoms with Gasteiger partial charge in [0.25, 0.3) is 5.91 Å². The zero-order valence-electron chi connectivity index (χ0n) is 15.5. The molecule has 0 unspecified atom stereocenters. The second-order valence-electron chi connectivity index (χ2n) is 7.16. The van der Waals surface area contributed by atoms with Crippen LogP contribution in [0.3, 0.4) is 0 Å². The van der Waals surface area contributed by atoms with Crippen molar-refractivity contribution in [2.24, 2.45) is 5.92 Å². The van der Waals surface area contributed by atoms with Crippen LogP contribution in [0.25, 0.3) is 5.69 Å². The molecule has 4 rings (SSSR count). The number of benzene rings is 1. The molecule has 1 saturated carbocycles. The van der Waals surface area contributed by atoms with Gasteiger partial charge in [-0.1, -0.05) is 6.92 Å². The van der Waals surface area contributed by atoms with Crippen LogP contribution in [-0.4, -0.2) is 32.6 Å². The molecule has 0 spiro atoms. The molecule has 2 atom stereocenters. The van der Waals surface area contributed by atoms with Gasteiger partial charge in [0.2, 0.25) is 5.82 Å². The highest BCUT2D eigenvalue weighted by molar-refractivity contribution is 5.90. The Morgan fingerprint density at radius 3 is 2.67 bits per heavy atom. The zero-order chi connectivity index (χ0) is 19.1. The number of rotatable bonds is 5. The third-order valence-corrected chi connectivity index (χ3v) is 4.93. The van der Waals surface area contributed by atoms with Crippen molar-refractivity contribution in [3.05, 3.63) is 65.4 Å². The van der Waals surface area contributed by atoms with Crippen molar-refractivity contribution in [2.45, 2.75) is 32.7 Å². The molecule has 0 saturated heterocycles. The van der Waals surface area contributed by atoms with E-state index in [0.29, 0.717) is 29.9 Å². The normalized spacial score (nSPS) is 18.5. The minimum Gasteiger partial charge on any atom is -0.464 e. The Balaban J connectivity index is 1.48. The summed E-state index contributed by atoms with van der Waals surface area (Å²) in [6, 6.07) is 9.79. The average molecular weight is 368 g/mol. The fourth-order valence-corrected chi connectivity index (χ4v) is 3.18. The van der Waals surface area contributed by atoms with E-state index in [-0.39, 0.29) is 17.5 Å². The number of hydrogen-bond acceptors (Lipinski definition) is 4. The molecule has 1 aliphatic carbocycles. The molecule has 6 nitrogen and oxygen atoms in total. The smallest absolute Gasteiger partial charge is 0.293 e. The summed E-state index contributed by atoms with van der Waals surface area (Å²) < 4.78 is 20.5. The predicted molar refractivity (Wildman–Crippen MR) is 97.1 cm³/mol. The molecule has 1 aromatic carbocycles. The number of furan rings is 1. The number of aromatic nitrogens is 3. The lowest BCUT2D eigenvalue weighted by Crippen LogP contribution is -2.27. The van der Waals surface area contributed by atoms with Gasteiger partial charge in [-0.15, -0.1) is 5.10 Å². The SMILES string of the molecule is Cc1nc(C(=O)N(C)Cc2ccc([C@@H]3C[C@H]3C)o2)nn1-c1ccc(F)cc1. The van der Waals surface area contributed by atoms with E-state index in [0.717, 1.165) is 17.9 Å². The van der Waals surface area contributed by atoms with E-state index in [4.69, 9.17) is 4.42 Å². The molecular weight excluding hydrogens is 347 g/mol. The van der Waals surface area contributed by atoms with Crippen molar-refractivity contribution >= 4 is 5.91 Å². The Labute approximate surface area is 156 Å². The number of amides is 1. The van der Waals surface area contributed by atoms with E-state index >= 15 is 0 Å². The first kappa shape index (κ1) is 17.5. The van der Waals surface area contributed by atoms with E-state index in [1.165, 1.54) is 21.7 Å². The highest BCUT2D eigenvalue weighted by Crippen LogP contribution is 2.47.